The van der Waals surface area contributed by atoms with Gasteiger partial charge in [-0.2, -0.15) is 0 Å². The maximum absolute atomic E-state index is 5.76. The van der Waals surface area contributed by atoms with E-state index in [9.17, 15) is 0 Å². The molecule has 5 N–H and O–H groups in total. The molecule has 2 aliphatic heterocycles. The number of fused-ring (bicyclic) bond motifs is 1. The molecule has 0 saturated heterocycles. The van der Waals surface area contributed by atoms with Crippen LogP contribution < -0.4 is 21.8 Å². The Hall–Kier alpha value is -2.05. The quantitative estimate of drug-likeness (QED) is 0.599. The monoisotopic (exact) mass is 286 g/mol. The third kappa shape index (κ3) is 3.17. The zero-order valence-electron chi connectivity index (χ0n) is 12.3. The molecular weight excluding hydrogens is 264 g/mol. The van der Waals surface area contributed by atoms with Crippen LogP contribution in [0.2, 0.25) is 0 Å². The van der Waals surface area contributed by atoms with Crippen LogP contribution in [-0.2, 0) is 0 Å². The van der Waals surface area contributed by atoms with Crippen LogP contribution in [0.15, 0.2) is 29.5 Å². The lowest BCUT2D eigenvalue weighted by molar-refractivity contribution is 0.301. The second-order valence-corrected chi connectivity index (χ2v) is 5.33. The molecule has 0 amide bonds. The number of anilines is 2. The molecule has 0 unspecified atom stereocenters. The predicted molar refractivity (Wildman–Crippen MR) is 86.5 cm³/mol. The fourth-order valence-corrected chi connectivity index (χ4v) is 2.60. The lowest BCUT2D eigenvalue weighted by Gasteiger charge is -2.18. The highest BCUT2D eigenvalue weighted by Gasteiger charge is 2.18. The number of aromatic nitrogens is 1. The fraction of sp³-hybridized carbons (Fsp3) is 0.400. The van der Waals surface area contributed by atoms with Crippen molar-refractivity contribution in [3.05, 3.63) is 35.2 Å². The SMILES string of the molecule is CNCCCN1C=C(C2=Cc3nc(N)ccc3NC2)CN1. The molecule has 3 rings (SSSR count). The van der Waals surface area contributed by atoms with Gasteiger partial charge in [0, 0.05) is 25.8 Å². The number of nitrogens with two attached hydrogens (primary N) is 1. The minimum absolute atomic E-state index is 0.556. The van der Waals surface area contributed by atoms with Gasteiger partial charge in [0.2, 0.25) is 0 Å². The molecule has 6 heteroatoms. The van der Waals surface area contributed by atoms with Crippen LogP contribution in [0.3, 0.4) is 0 Å². The molecular formula is C15H22N6. The minimum atomic E-state index is 0.556. The van der Waals surface area contributed by atoms with E-state index >= 15 is 0 Å². The van der Waals surface area contributed by atoms with Crippen LogP contribution in [0.1, 0.15) is 12.1 Å². The molecule has 2 aliphatic rings. The van der Waals surface area contributed by atoms with Gasteiger partial charge in [0.25, 0.3) is 0 Å². The third-order valence-electron chi connectivity index (χ3n) is 3.75. The molecule has 112 valence electrons. The first-order valence-electron chi connectivity index (χ1n) is 7.33. The molecule has 0 saturated carbocycles. The van der Waals surface area contributed by atoms with Crippen molar-refractivity contribution in [2.24, 2.45) is 0 Å². The first kappa shape index (κ1) is 13.9. The van der Waals surface area contributed by atoms with Crippen molar-refractivity contribution in [1.82, 2.24) is 20.7 Å². The van der Waals surface area contributed by atoms with E-state index in [1.807, 2.05) is 19.2 Å². The summed E-state index contributed by atoms with van der Waals surface area (Å²) in [6.45, 7) is 3.73. The second kappa shape index (κ2) is 6.15. The van der Waals surface area contributed by atoms with Gasteiger partial charge in [-0.15, -0.1) is 0 Å². The van der Waals surface area contributed by atoms with Crippen LogP contribution in [0.25, 0.3) is 6.08 Å². The smallest absolute Gasteiger partial charge is 0.124 e. The highest BCUT2D eigenvalue weighted by Crippen LogP contribution is 2.27. The van der Waals surface area contributed by atoms with Gasteiger partial charge < -0.3 is 21.4 Å². The van der Waals surface area contributed by atoms with Crippen molar-refractivity contribution in [2.75, 3.05) is 44.3 Å². The summed E-state index contributed by atoms with van der Waals surface area (Å²) in [4.78, 5) is 4.38. The Kier molecular flexibility index (Phi) is 4.08. The van der Waals surface area contributed by atoms with Crippen molar-refractivity contribution < 1.29 is 0 Å². The van der Waals surface area contributed by atoms with Crippen LogP contribution >= 0.6 is 0 Å². The first-order valence-corrected chi connectivity index (χ1v) is 7.33. The van der Waals surface area contributed by atoms with Gasteiger partial charge in [0.15, 0.2) is 0 Å². The molecule has 1 aromatic heterocycles. The number of pyridine rings is 1. The van der Waals surface area contributed by atoms with E-state index in [0.717, 1.165) is 44.0 Å². The highest BCUT2D eigenvalue weighted by atomic mass is 15.5. The van der Waals surface area contributed by atoms with Gasteiger partial charge in [0.05, 0.1) is 11.4 Å². The van der Waals surface area contributed by atoms with Crippen molar-refractivity contribution >= 4 is 17.6 Å². The van der Waals surface area contributed by atoms with E-state index in [-0.39, 0.29) is 0 Å². The van der Waals surface area contributed by atoms with Crippen molar-refractivity contribution in [3.8, 4) is 0 Å². The van der Waals surface area contributed by atoms with Crippen LogP contribution in [0.4, 0.5) is 11.5 Å². The summed E-state index contributed by atoms with van der Waals surface area (Å²) < 4.78 is 0. The Morgan fingerprint density at radius 1 is 1.33 bits per heavy atom. The molecule has 6 nitrogen and oxygen atoms in total. The molecule has 0 spiro atoms. The Balaban J connectivity index is 1.71. The molecule has 3 heterocycles. The first-order chi connectivity index (χ1) is 10.3. The maximum atomic E-state index is 5.76. The Morgan fingerprint density at radius 2 is 2.24 bits per heavy atom. The van der Waals surface area contributed by atoms with E-state index in [1.165, 1.54) is 11.1 Å². The highest BCUT2D eigenvalue weighted by molar-refractivity contribution is 5.73. The Labute approximate surface area is 125 Å². The van der Waals surface area contributed by atoms with Crippen LogP contribution in [0, 0.1) is 0 Å². The summed E-state index contributed by atoms with van der Waals surface area (Å²) in [5.74, 6) is 0.556. The Bertz CT molecular complexity index is 578. The number of hydrogen-bond donors (Lipinski definition) is 4. The standard InChI is InChI=1S/C15H22N6/c1-17-5-2-6-21-10-12(9-19-21)11-7-14-13(18-8-11)3-4-15(16)20-14/h3-4,7,10,17-19H,2,5-6,8-9H2,1H3,(H2,16,20). The molecule has 21 heavy (non-hydrogen) atoms. The van der Waals surface area contributed by atoms with Gasteiger partial charge in [-0.3, -0.25) is 0 Å². The molecule has 0 bridgehead atoms. The van der Waals surface area contributed by atoms with Crippen molar-refractivity contribution in [1.29, 1.82) is 0 Å². The van der Waals surface area contributed by atoms with E-state index in [0.29, 0.717) is 5.82 Å². The topological polar surface area (TPSA) is 78.2 Å². The van der Waals surface area contributed by atoms with E-state index < -0.39 is 0 Å². The largest absolute Gasteiger partial charge is 0.384 e. The van der Waals surface area contributed by atoms with Gasteiger partial charge in [-0.05, 0) is 49.4 Å². The molecule has 1 aromatic rings. The minimum Gasteiger partial charge on any atom is -0.384 e. The summed E-state index contributed by atoms with van der Waals surface area (Å²) in [5.41, 5.74) is 13.7. The molecule has 0 aromatic carbocycles. The number of hydrogen-bond acceptors (Lipinski definition) is 6. The fourth-order valence-electron chi connectivity index (χ4n) is 2.60. The zero-order chi connectivity index (χ0) is 14.7. The summed E-state index contributed by atoms with van der Waals surface area (Å²) in [6.07, 6.45) is 5.44. The average molecular weight is 286 g/mol. The lowest BCUT2D eigenvalue weighted by Crippen LogP contribution is -2.31. The Morgan fingerprint density at radius 3 is 3.10 bits per heavy atom. The normalized spacial score (nSPS) is 17.1. The summed E-state index contributed by atoms with van der Waals surface area (Å²) in [7, 11) is 1.98. The molecule has 0 aliphatic carbocycles. The van der Waals surface area contributed by atoms with Crippen LogP contribution in [0.5, 0.6) is 0 Å². The summed E-state index contributed by atoms with van der Waals surface area (Å²) in [5, 5.41) is 8.73. The third-order valence-corrected chi connectivity index (χ3v) is 3.75. The number of nitrogen functional groups attached to an aromatic ring is 1. The maximum Gasteiger partial charge on any atom is 0.124 e. The lowest BCUT2D eigenvalue weighted by atomic mass is 10.0. The van der Waals surface area contributed by atoms with E-state index in [1.54, 1.807) is 0 Å². The molecule has 0 fully saturated rings. The van der Waals surface area contributed by atoms with Gasteiger partial charge in [0.1, 0.15) is 5.82 Å². The van der Waals surface area contributed by atoms with Gasteiger partial charge >= 0.3 is 0 Å². The number of rotatable bonds is 5. The summed E-state index contributed by atoms with van der Waals surface area (Å²) in [6, 6.07) is 3.81. The number of nitrogens with zero attached hydrogens (tertiary/aromatic N) is 2. The molecule has 0 radical (unpaired) electrons. The number of nitrogens with one attached hydrogen (secondary N) is 3. The van der Waals surface area contributed by atoms with Gasteiger partial charge in [-0.1, -0.05) is 0 Å². The van der Waals surface area contributed by atoms with Gasteiger partial charge in [-0.25, -0.2) is 10.4 Å². The van der Waals surface area contributed by atoms with E-state index in [4.69, 9.17) is 5.73 Å². The average Bonchev–Trinajstić information content (AvgIpc) is 2.95. The second-order valence-electron chi connectivity index (χ2n) is 5.33. The van der Waals surface area contributed by atoms with E-state index in [2.05, 4.69) is 38.3 Å². The van der Waals surface area contributed by atoms with Crippen LogP contribution in [-0.4, -0.2) is 43.2 Å². The molecule has 0 atom stereocenters. The zero-order valence-corrected chi connectivity index (χ0v) is 12.3. The predicted octanol–water partition coefficient (Wildman–Crippen LogP) is 0.786. The van der Waals surface area contributed by atoms with Crippen molar-refractivity contribution in [2.45, 2.75) is 6.42 Å². The summed E-state index contributed by atoms with van der Waals surface area (Å²) >= 11 is 0. The number of hydrazine groups is 1. The van der Waals surface area contributed by atoms with Crippen molar-refractivity contribution in [3.63, 3.8) is 0 Å².